The number of nitrogens with zero attached hydrogens (tertiary/aromatic N) is 2. The lowest BCUT2D eigenvalue weighted by Gasteiger charge is -2.40. The minimum Gasteiger partial charge on any atom is -0.475 e. The van der Waals surface area contributed by atoms with Crippen LogP contribution in [0.2, 0.25) is 0 Å². The number of benzene rings is 1. The third-order valence-corrected chi connectivity index (χ3v) is 7.16. The topological polar surface area (TPSA) is 99.6 Å². The fraction of sp³-hybridized carbons (Fsp3) is 0.462. The fourth-order valence-corrected chi connectivity index (χ4v) is 5.24. The molecule has 2 amide bonds. The number of aromatic nitrogens is 1. The first-order chi connectivity index (χ1) is 17.1. The SMILES string of the molecule is O=C(CC1CC2(CCN(C(=O)c3ccncc3)CC2)c2ccccc21)NC1CC1.O=C(O)C(F)(F)F. The minimum atomic E-state index is -5.08. The monoisotopic (exact) mass is 503 g/mol. The molecule has 0 radical (unpaired) electrons. The lowest BCUT2D eigenvalue weighted by molar-refractivity contribution is -0.192. The normalized spacial score (nSPS) is 20.2. The molecule has 1 unspecified atom stereocenters. The summed E-state index contributed by atoms with van der Waals surface area (Å²) in [6.45, 7) is 1.52. The van der Waals surface area contributed by atoms with E-state index in [1.165, 1.54) is 11.1 Å². The van der Waals surface area contributed by atoms with Crippen LogP contribution >= 0.6 is 0 Å². The molecule has 1 aromatic heterocycles. The van der Waals surface area contributed by atoms with Crippen molar-refractivity contribution in [2.45, 2.75) is 62.1 Å². The number of rotatable bonds is 4. The number of halogens is 3. The molecular formula is C26H28F3N3O4. The van der Waals surface area contributed by atoms with Crippen molar-refractivity contribution in [3.63, 3.8) is 0 Å². The average Bonchev–Trinajstić information content (AvgIpc) is 3.63. The highest BCUT2D eigenvalue weighted by Crippen LogP contribution is 2.52. The number of pyridine rings is 1. The van der Waals surface area contributed by atoms with Crippen molar-refractivity contribution in [2.75, 3.05) is 13.1 Å². The summed E-state index contributed by atoms with van der Waals surface area (Å²) < 4.78 is 31.7. The summed E-state index contributed by atoms with van der Waals surface area (Å²) in [5.41, 5.74) is 3.54. The zero-order valence-electron chi connectivity index (χ0n) is 19.6. The van der Waals surface area contributed by atoms with Gasteiger partial charge < -0.3 is 15.3 Å². The van der Waals surface area contributed by atoms with Gasteiger partial charge in [0.05, 0.1) is 0 Å². The van der Waals surface area contributed by atoms with E-state index in [1.54, 1.807) is 24.5 Å². The van der Waals surface area contributed by atoms with Gasteiger partial charge in [-0.25, -0.2) is 4.79 Å². The molecule has 7 nitrogen and oxygen atoms in total. The van der Waals surface area contributed by atoms with Crippen LogP contribution in [0, 0.1) is 0 Å². The third kappa shape index (κ3) is 5.85. The summed E-state index contributed by atoms with van der Waals surface area (Å²) in [5.74, 6) is -2.19. The number of carboxylic acids is 1. The van der Waals surface area contributed by atoms with E-state index in [1.807, 2.05) is 4.90 Å². The van der Waals surface area contributed by atoms with Crippen molar-refractivity contribution in [3.8, 4) is 0 Å². The van der Waals surface area contributed by atoms with Crippen molar-refractivity contribution in [2.24, 2.45) is 0 Å². The van der Waals surface area contributed by atoms with Gasteiger partial charge in [0, 0.05) is 43.5 Å². The maximum Gasteiger partial charge on any atom is 0.490 e. The Labute approximate surface area is 206 Å². The van der Waals surface area contributed by atoms with Gasteiger partial charge in [-0.15, -0.1) is 0 Å². The predicted octanol–water partition coefficient (Wildman–Crippen LogP) is 4.04. The van der Waals surface area contributed by atoms with E-state index in [-0.39, 0.29) is 23.1 Å². The molecule has 2 heterocycles. The second-order valence-corrected chi connectivity index (χ2v) is 9.65. The highest BCUT2D eigenvalue weighted by molar-refractivity contribution is 5.94. The van der Waals surface area contributed by atoms with E-state index in [2.05, 4.69) is 34.6 Å². The molecule has 10 heteroatoms. The van der Waals surface area contributed by atoms with Crippen molar-refractivity contribution in [1.82, 2.24) is 15.2 Å². The van der Waals surface area contributed by atoms with Gasteiger partial charge in [0.15, 0.2) is 0 Å². The molecule has 2 fully saturated rings. The standard InChI is InChI=1S/C24H27N3O2.C2HF3O2/c28-22(26-19-5-6-19)15-18-16-24(21-4-2-1-3-20(18)21)9-13-27(14-10-24)23(29)17-7-11-25-12-8-17;3-2(4,5)1(6)7/h1-4,7-8,11-12,18-19H,5-6,9-10,13-16H2,(H,26,28);(H,6,7). The summed E-state index contributed by atoms with van der Waals surface area (Å²) in [4.78, 5) is 40.1. The minimum absolute atomic E-state index is 0.0916. The number of fused-ring (bicyclic) bond motifs is 2. The first-order valence-electron chi connectivity index (χ1n) is 12.0. The zero-order valence-corrected chi connectivity index (χ0v) is 19.6. The van der Waals surface area contributed by atoms with E-state index >= 15 is 0 Å². The Bertz CT molecular complexity index is 1110. The van der Waals surface area contributed by atoms with Crippen LogP contribution in [0.3, 0.4) is 0 Å². The highest BCUT2D eigenvalue weighted by atomic mass is 19.4. The average molecular weight is 504 g/mol. The summed E-state index contributed by atoms with van der Waals surface area (Å²) in [7, 11) is 0. The summed E-state index contributed by atoms with van der Waals surface area (Å²) in [5, 5.41) is 10.3. The number of nitrogens with one attached hydrogen (secondary N) is 1. The van der Waals surface area contributed by atoms with Crippen molar-refractivity contribution >= 4 is 17.8 Å². The van der Waals surface area contributed by atoms with Gasteiger partial charge in [-0.2, -0.15) is 13.2 Å². The largest absolute Gasteiger partial charge is 0.490 e. The number of carbonyl (C=O) groups excluding carboxylic acids is 2. The Hall–Kier alpha value is -3.43. The summed E-state index contributed by atoms with van der Waals surface area (Å²) >= 11 is 0. The highest BCUT2D eigenvalue weighted by Gasteiger charge is 2.46. The molecule has 2 aliphatic carbocycles. The molecule has 1 aliphatic heterocycles. The third-order valence-electron chi connectivity index (χ3n) is 7.16. The number of aliphatic carboxylic acids is 1. The van der Waals surface area contributed by atoms with Gasteiger partial charge in [0.2, 0.25) is 5.91 Å². The molecule has 1 aromatic carbocycles. The Morgan fingerprint density at radius 3 is 2.25 bits per heavy atom. The van der Waals surface area contributed by atoms with E-state index in [4.69, 9.17) is 9.90 Å². The quantitative estimate of drug-likeness (QED) is 0.656. The van der Waals surface area contributed by atoms with Crippen LogP contribution < -0.4 is 5.32 Å². The van der Waals surface area contributed by atoms with E-state index in [9.17, 15) is 22.8 Å². The number of hydrogen-bond donors (Lipinski definition) is 2. The van der Waals surface area contributed by atoms with E-state index in [0.717, 1.165) is 45.2 Å². The van der Waals surface area contributed by atoms with Crippen molar-refractivity contribution in [3.05, 3.63) is 65.5 Å². The van der Waals surface area contributed by atoms with Crippen LogP contribution in [0.15, 0.2) is 48.8 Å². The van der Waals surface area contributed by atoms with E-state index in [0.29, 0.717) is 18.0 Å². The number of alkyl halides is 3. The molecular weight excluding hydrogens is 475 g/mol. The fourth-order valence-electron chi connectivity index (χ4n) is 5.24. The maximum absolute atomic E-state index is 12.8. The molecule has 192 valence electrons. The molecule has 1 atom stereocenters. The Morgan fingerprint density at radius 2 is 1.67 bits per heavy atom. The number of carbonyl (C=O) groups is 3. The van der Waals surface area contributed by atoms with Gasteiger partial charge >= 0.3 is 12.1 Å². The molecule has 1 spiro atoms. The van der Waals surface area contributed by atoms with Crippen LogP contribution in [-0.2, 0) is 15.0 Å². The number of amides is 2. The molecule has 1 saturated heterocycles. The maximum atomic E-state index is 12.8. The van der Waals surface area contributed by atoms with Gasteiger partial charge in [-0.1, -0.05) is 24.3 Å². The molecule has 1 saturated carbocycles. The molecule has 5 rings (SSSR count). The van der Waals surface area contributed by atoms with Crippen LogP contribution in [0.1, 0.15) is 65.9 Å². The summed E-state index contributed by atoms with van der Waals surface area (Å²) in [6.07, 6.45) is 4.02. The molecule has 0 bridgehead atoms. The second kappa shape index (κ2) is 10.3. The van der Waals surface area contributed by atoms with Crippen LogP contribution in [0.25, 0.3) is 0 Å². The summed E-state index contributed by atoms with van der Waals surface area (Å²) in [6, 6.07) is 12.6. The van der Waals surface area contributed by atoms with Crippen LogP contribution in [-0.4, -0.2) is 58.1 Å². The van der Waals surface area contributed by atoms with Gasteiger partial charge in [-0.3, -0.25) is 14.6 Å². The van der Waals surface area contributed by atoms with Gasteiger partial charge in [-0.05, 0) is 66.7 Å². The van der Waals surface area contributed by atoms with Gasteiger partial charge in [0.1, 0.15) is 0 Å². The Morgan fingerprint density at radius 1 is 1.06 bits per heavy atom. The Kier molecular flexibility index (Phi) is 7.33. The van der Waals surface area contributed by atoms with Crippen LogP contribution in [0.4, 0.5) is 13.2 Å². The smallest absolute Gasteiger partial charge is 0.475 e. The zero-order chi connectivity index (χ0) is 25.9. The second-order valence-electron chi connectivity index (χ2n) is 9.65. The van der Waals surface area contributed by atoms with Gasteiger partial charge in [0.25, 0.3) is 5.91 Å². The lowest BCUT2D eigenvalue weighted by Crippen LogP contribution is -2.44. The first kappa shape index (κ1) is 25.7. The molecule has 2 aromatic rings. The molecule has 3 aliphatic rings. The number of carboxylic acid groups (broad SMARTS) is 1. The van der Waals surface area contributed by atoms with Crippen molar-refractivity contribution < 1.29 is 32.7 Å². The van der Waals surface area contributed by atoms with Crippen molar-refractivity contribution in [1.29, 1.82) is 0 Å². The number of likely N-dealkylation sites (tertiary alicyclic amines) is 1. The number of piperidine rings is 1. The lowest BCUT2D eigenvalue weighted by atomic mass is 9.73. The molecule has 2 N–H and O–H groups in total. The predicted molar refractivity (Wildman–Crippen MR) is 124 cm³/mol. The van der Waals surface area contributed by atoms with E-state index < -0.39 is 12.1 Å². The molecule has 36 heavy (non-hydrogen) atoms. The number of hydrogen-bond acceptors (Lipinski definition) is 4. The van der Waals surface area contributed by atoms with Crippen LogP contribution in [0.5, 0.6) is 0 Å². The Balaban J connectivity index is 0.000000384. The first-order valence-corrected chi connectivity index (χ1v) is 12.0.